The van der Waals surface area contributed by atoms with Gasteiger partial charge in [0.25, 0.3) is 0 Å². The third-order valence-electron chi connectivity index (χ3n) is 1.93. The molecule has 0 heterocycles. The summed E-state index contributed by atoms with van der Waals surface area (Å²) in [4.78, 5) is 2.35. The molecular formula is C12H10OS2V. The summed E-state index contributed by atoms with van der Waals surface area (Å²) in [6.07, 6.45) is 0. The Labute approximate surface area is 107 Å². The summed E-state index contributed by atoms with van der Waals surface area (Å²) >= 11 is -0.881. The van der Waals surface area contributed by atoms with Crippen molar-refractivity contribution < 1.29 is 18.2 Å². The SMILES string of the molecule is [O]=[V]=[S](Sc1ccccc1)c1ccccc1. The summed E-state index contributed by atoms with van der Waals surface area (Å²) in [6, 6.07) is 20.2. The van der Waals surface area contributed by atoms with Gasteiger partial charge in [-0.05, 0) is 0 Å². The van der Waals surface area contributed by atoms with E-state index in [9.17, 15) is 3.67 Å². The summed E-state index contributed by atoms with van der Waals surface area (Å²) in [5.41, 5.74) is 0. The first-order chi connectivity index (χ1) is 7.90. The molecular weight excluding hydrogens is 275 g/mol. The first-order valence-electron chi connectivity index (χ1n) is 4.76. The molecule has 0 aliphatic carbocycles. The van der Waals surface area contributed by atoms with Gasteiger partial charge < -0.3 is 0 Å². The zero-order valence-corrected chi connectivity index (χ0v) is 11.5. The molecule has 2 aromatic carbocycles. The fourth-order valence-electron chi connectivity index (χ4n) is 1.21. The van der Waals surface area contributed by atoms with E-state index >= 15 is 0 Å². The van der Waals surface area contributed by atoms with Crippen LogP contribution in [0, 0.1) is 0 Å². The van der Waals surface area contributed by atoms with E-state index in [2.05, 4.69) is 12.1 Å². The van der Waals surface area contributed by atoms with Crippen LogP contribution in [0.2, 0.25) is 0 Å². The average molecular weight is 285 g/mol. The predicted octanol–water partition coefficient (Wildman–Crippen LogP) is 4.36. The molecule has 0 fully saturated rings. The van der Waals surface area contributed by atoms with Crippen LogP contribution in [-0.2, 0) is 18.2 Å². The van der Waals surface area contributed by atoms with Crippen LogP contribution in [0.15, 0.2) is 70.5 Å². The molecule has 2 rings (SSSR count). The second-order valence-electron chi connectivity index (χ2n) is 3.03. The zero-order chi connectivity index (χ0) is 11.2. The van der Waals surface area contributed by atoms with Crippen molar-refractivity contribution in [3.8, 4) is 0 Å². The Bertz CT molecular complexity index is 507. The number of hydrogen-bond acceptors (Lipinski definition) is 2. The molecule has 4 heteroatoms. The van der Waals surface area contributed by atoms with Crippen molar-refractivity contribution in [2.24, 2.45) is 0 Å². The van der Waals surface area contributed by atoms with E-state index in [0.717, 1.165) is 0 Å². The molecule has 0 spiro atoms. The minimum absolute atomic E-state index is 0.191. The quantitative estimate of drug-likeness (QED) is 0.779. The van der Waals surface area contributed by atoms with Crippen LogP contribution < -0.4 is 0 Å². The van der Waals surface area contributed by atoms with Crippen molar-refractivity contribution >= 4 is 18.4 Å². The normalized spacial score (nSPS) is 11.8. The first kappa shape index (κ1) is 12.0. The Morgan fingerprint density at radius 3 is 2.00 bits per heavy atom. The van der Waals surface area contributed by atoms with Gasteiger partial charge in [0.15, 0.2) is 0 Å². The number of hydrogen-bond donors (Lipinski definition) is 0. The maximum atomic E-state index is 11.3. The summed E-state index contributed by atoms with van der Waals surface area (Å²) in [7, 11) is 1.51. The molecule has 0 radical (unpaired) electrons. The molecule has 81 valence electrons. The maximum absolute atomic E-state index is 11.3. The Morgan fingerprint density at radius 1 is 0.875 bits per heavy atom. The summed E-state index contributed by atoms with van der Waals surface area (Å²) < 4.78 is 11.3. The molecule has 1 atom stereocenters. The van der Waals surface area contributed by atoms with E-state index in [1.54, 1.807) is 10.8 Å². The van der Waals surface area contributed by atoms with Gasteiger partial charge in [-0.2, -0.15) is 0 Å². The molecule has 0 saturated heterocycles. The molecule has 0 aliphatic heterocycles. The fraction of sp³-hybridized carbons (Fsp3) is 0. The predicted molar refractivity (Wildman–Crippen MR) is 65.3 cm³/mol. The van der Waals surface area contributed by atoms with Crippen molar-refractivity contribution in [1.82, 2.24) is 0 Å². The molecule has 0 N–H and O–H groups in total. The van der Waals surface area contributed by atoms with E-state index in [1.807, 2.05) is 48.5 Å². The molecule has 0 amide bonds. The Balaban J connectivity index is 2.24. The standard InChI is InChI=1S/C12H10S2.O.V/c1-3-7-11(8-4-1)13-14-12-9-5-2-6-10-12;;/h1-10H;;. The third kappa shape index (κ3) is 3.26. The van der Waals surface area contributed by atoms with Crippen molar-refractivity contribution in [2.75, 3.05) is 0 Å². The topological polar surface area (TPSA) is 17.1 Å². The van der Waals surface area contributed by atoms with Gasteiger partial charge in [0.2, 0.25) is 0 Å². The van der Waals surface area contributed by atoms with Crippen LogP contribution in [0.4, 0.5) is 0 Å². The minimum atomic E-state index is -0.881. The molecule has 0 aromatic heterocycles. The van der Waals surface area contributed by atoms with Crippen molar-refractivity contribution in [3.63, 3.8) is 0 Å². The third-order valence-corrected chi connectivity index (χ3v) is 8.41. The van der Waals surface area contributed by atoms with Crippen molar-refractivity contribution in [2.45, 2.75) is 9.79 Å². The van der Waals surface area contributed by atoms with E-state index in [0.29, 0.717) is 0 Å². The van der Waals surface area contributed by atoms with Crippen LogP contribution in [0.25, 0.3) is 0 Å². The Morgan fingerprint density at radius 2 is 1.44 bits per heavy atom. The van der Waals surface area contributed by atoms with Crippen LogP contribution in [0.5, 0.6) is 0 Å². The number of rotatable bonds is 3. The van der Waals surface area contributed by atoms with Gasteiger partial charge >= 0.3 is 107 Å². The fourth-order valence-corrected chi connectivity index (χ4v) is 6.47. The van der Waals surface area contributed by atoms with Crippen LogP contribution in [-0.4, -0.2) is 0 Å². The van der Waals surface area contributed by atoms with Crippen LogP contribution in [0.3, 0.4) is 0 Å². The van der Waals surface area contributed by atoms with Gasteiger partial charge in [-0.25, -0.2) is 0 Å². The summed E-state index contributed by atoms with van der Waals surface area (Å²) in [5.74, 6) is 0. The zero-order valence-electron chi connectivity index (χ0n) is 8.45. The Kier molecular flexibility index (Phi) is 4.73. The molecule has 2 aromatic rings. The second-order valence-corrected chi connectivity index (χ2v) is 9.89. The first-order valence-corrected chi connectivity index (χ1v) is 9.56. The van der Waals surface area contributed by atoms with E-state index in [1.165, 1.54) is 9.79 Å². The average Bonchev–Trinajstić information content (AvgIpc) is 2.38. The van der Waals surface area contributed by atoms with E-state index in [-0.39, 0.29) is 7.58 Å². The van der Waals surface area contributed by atoms with Crippen LogP contribution >= 0.6 is 18.4 Å². The molecule has 0 bridgehead atoms. The molecule has 0 aliphatic rings. The molecule has 1 nitrogen and oxygen atoms in total. The van der Waals surface area contributed by atoms with Gasteiger partial charge in [-0.1, -0.05) is 0 Å². The van der Waals surface area contributed by atoms with Gasteiger partial charge in [-0.15, -0.1) is 0 Å². The Hall–Kier alpha value is -0.476. The number of benzene rings is 2. The molecule has 0 saturated carbocycles. The summed E-state index contributed by atoms with van der Waals surface area (Å²) in [5, 5.41) is 0. The monoisotopic (exact) mass is 285 g/mol. The second kappa shape index (κ2) is 6.31. The molecule has 16 heavy (non-hydrogen) atoms. The van der Waals surface area contributed by atoms with E-state index in [4.69, 9.17) is 0 Å². The van der Waals surface area contributed by atoms with Crippen LogP contribution in [0.1, 0.15) is 0 Å². The van der Waals surface area contributed by atoms with Gasteiger partial charge in [-0.3, -0.25) is 0 Å². The van der Waals surface area contributed by atoms with Gasteiger partial charge in [0.1, 0.15) is 0 Å². The molecule has 1 unspecified atom stereocenters. The van der Waals surface area contributed by atoms with E-state index < -0.39 is 14.5 Å². The van der Waals surface area contributed by atoms with Crippen molar-refractivity contribution in [3.05, 3.63) is 60.7 Å². The van der Waals surface area contributed by atoms with Gasteiger partial charge in [0.05, 0.1) is 0 Å². The van der Waals surface area contributed by atoms with Crippen molar-refractivity contribution in [1.29, 1.82) is 0 Å². The van der Waals surface area contributed by atoms with Gasteiger partial charge in [0, 0.05) is 0 Å². The summed E-state index contributed by atoms with van der Waals surface area (Å²) in [6.45, 7) is 0.